The lowest BCUT2D eigenvalue weighted by Crippen LogP contribution is -2.05. The van der Waals surface area contributed by atoms with Gasteiger partial charge in [0.05, 0.1) is 19.8 Å². The van der Waals surface area contributed by atoms with Gasteiger partial charge in [0.1, 0.15) is 18.8 Å². The topological polar surface area (TPSA) is 92.9 Å². The summed E-state index contributed by atoms with van der Waals surface area (Å²) < 4.78 is 28.3. The summed E-state index contributed by atoms with van der Waals surface area (Å²) in [5.41, 5.74) is 2.78. The number of benzene rings is 3. The first kappa shape index (κ1) is 23.9. The average Bonchev–Trinajstić information content (AvgIpc) is 2.95. The Balaban J connectivity index is 1.58. The van der Waals surface area contributed by atoms with Gasteiger partial charge in [-0.15, -0.1) is 0 Å². The van der Waals surface area contributed by atoms with Crippen molar-refractivity contribution in [2.75, 3.05) is 14.2 Å². The van der Waals surface area contributed by atoms with Crippen LogP contribution in [0.15, 0.2) is 94.3 Å². The lowest BCUT2D eigenvalue weighted by atomic mass is 10.0. The molecule has 8 nitrogen and oxygen atoms in total. The summed E-state index contributed by atoms with van der Waals surface area (Å²) in [5.74, 6) is 1.20. The van der Waals surface area contributed by atoms with Gasteiger partial charge in [0, 0.05) is 29.3 Å². The molecule has 0 amide bonds. The van der Waals surface area contributed by atoms with Crippen molar-refractivity contribution < 1.29 is 23.4 Å². The summed E-state index contributed by atoms with van der Waals surface area (Å²) in [7, 11) is 3.06. The molecule has 0 atom stereocenters. The van der Waals surface area contributed by atoms with Gasteiger partial charge in [-0.25, -0.2) is 9.78 Å². The number of rotatable bonds is 9. The summed E-state index contributed by atoms with van der Waals surface area (Å²) in [6, 6.07) is 24.3. The molecule has 0 unspecified atom stereocenters. The highest BCUT2D eigenvalue weighted by Gasteiger charge is 2.19. The van der Waals surface area contributed by atoms with Crippen molar-refractivity contribution in [2.24, 2.45) is 0 Å². The molecule has 0 N–H and O–H groups in total. The second-order valence-electron chi connectivity index (χ2n) is 8.10. The molecule has 0 fully saturated rings. The first-order chi connectivity index (χ1) is 18.1. The van der Waals surface area contributed by atoms with Crippen molar-refractivity contribution in [3.63, 3.8) is 0 Å². The molecule has 0 saturated heterocycles. The van der Waals surface area contributed by atoms with Gasteiger partial charge in [0.25, 0.3) is 0 Å². The zero-order valence-corrected chi connectivity index (χ0v) is 20.3. The molecule has 0 aliphatic rings. The van der Waals surface area contributed by atoms with Crippen LogP contribution in [-0.2, 0) is 13.2 Å². The number of hydrogen-bond acceptors (Lipinski definition) is 8. The molecule has 0 bridgehead atoms. The molecule has 186 valence electrons. The van der Waals surface area contributed by atoms with E-state index in [1.165, 1.54) is 13.2 Å². The highest BCUT2D eigenvalue weighted by molar-refractivity contribution is 5.96. The first-order valence-electron chi connectivity index (χ1n) is 11.6. The molecule has 0 saturated carbocycles. The fourth-order valence-electron chi connectivity index (χ4n) is 3.87. The molecule has 0 aliphatic carbocycles. The molecule has 3 aromatic carbocycles. The van der Waals surface area contributed by atoms with E-state index in [1.807, 2.05) is 60.7 Å². The average molecular weight is 497 g/mol. The van der Waals surface area contributed by atoms with Crippen LogP contribution in [0.1, 0.15) is 11.1 Å². The second kappa shape index (κ2) is 10.8. The third-order valence-corrected chi connectivity index (χ3v) is 5.70. The lowest BCUT2D eigenvalue weighted by molar-refractivity contribution is 0.259. The smallest absolute Gasteiger partial charge is 0.336 e. The minimum absolute atomic E-state index is 0.155. The molecule has 2 aromatic heterocycles. The van der Waals surface area contributed by atoms with Crippen molar-refractivity contribution in [1.82, 2.24) is 9.97 Å². The molecule has 5 aromatic rings. The molecule has 8 heteroatoms. The normalized spacial score (nSPS) is 10.8. The highest BCUT2D eigenvalue weighted by Crippen LogP contribution is 2.39. The van der Waals surface area contributed by atoms with Crippen LogP contribution in [0.3, 0.4) is 0 Å². The Labute approximate surface area is 213 Å². The lowest BCUT2D eigenvalue weighted by Gasteiger charge is -2.14. The summed E-state index contributed by atoms with van der Waals surface area (Å²) in [6.07, 6.45) is 1.58. The van der Waals surface area contributed by atoms with Gasteiger partial charge >= 0.3 is 11.6 Å². The van der Waals surface area contributed by atoms with Crippen LogP contribution >= 0.6 is 0 Å². The van der Waals surface area contributed by atoms with E-state index in [4.69, 9.17) is 23.4 Å². The number of methoxy groups -OCH3 is 2. The first-order valence-corrected chi connectivity index (χ1v) is 11.6. The molecule has 2 heterocycles. The summed E-state index contributed by atoms with van der Waals surface area (Å²) in [6.45, 7) is 0.562. The maximum absolute atomic E-state index is 12.5. The number of ether oxygens (including phenoxy) is 4. The Bertz CT molecular complexity index is 1570. The molecule has 37 heavy (non-hydrogen) atoms. The fraction of sp³-hybridized carbons (Fsp3) is 0.138. The van der Waals surface area contributed by atoms with Crippen molar-refractivity contribution in [3.05, 3.63) is 107 Å². The van der Waals surface area contributed by atoms with Crippen LogP contribution < -0.4 is 24.6 Å². The van der Waals surface area contributed by atoms with Gasteiger partial charge in [-0.3, -0.25) is 0 Å². The number of aromatic nitrogens is 2. The van der Waals surface area contributed by atoms with Gasteiger partial charge in [-0.1, -0.05) is 60.7 Å². The Kier molecular flexibility index (Phi) is 6.98. The molecular weight excluding hydrogens is 472 g/mol. The third-order valence-electron chi connectivity index (χ3n) is 5.70. The van der Waals surface area contributed by atoms with Crippen molar-refractivity contribution in [3.8, 4) is 34.5 Å². The van der Waals surface area contributed by atoms with E-state index in [-0.39, 0.29) is 18.5 Å². The van der Waals surface area contributed by atoms with E-state index in [0.29, 0.717) is 40.2 Å². The molecule has 0 radical (unpaired) electrons. The summed E-state index contributed by atoms with van der Waals surface area (Å²) >= 11 is 0. The number of hydrogen-bond donors (Lipinski definition) is 0. The van der Waals surface area contributed by atoms with Crippen LogP contribution in [-0.4, -0.2) is 24.2 Å². The zero-order valence-electron chi connectivity index (χ0n) is 20.3. The van der Waals surface area contributed by atoms with Gasteiger partial charge in [-0.2, -0.15) is 4.98 Å². The van der Waals surface area contributed by atoms with Crippen molar-refractivity contribution in [2.45, 2.75) is 13.2 Å². The minimum Gasteiger partial charge on any atom is -0.493 e. The maximum Gasteiger partial charge on any atom is 0.336 e. The second-order valence-corrected chi connectivity index (χ2v) is 8.10. The third kappa shape index (κ3) is 5.38. The van der Waals surface area contributed by atoms with Crippen LogP contribution in [0.2, 0.25) is 0 Å². The van der Waals surface area contributed by atoms with Gasteiger partial charge in [-0.05, 0) is 17.2 Å². The van der Waals surface area contributed by atoms with E-state index >= 15 is 0 Å². The summed E-state index contributed by atoms with van der Waals surface area (Å²) in [5, 5.41) is 0.614. The van der Waals surface area contributed by atoms with E-state index in [2.05, 4.69) is 9.97 Å². The highest BCUT2D eigenvalue weighted by atomic mass is 16.5. The maximum atomic E-state index is 12.5. The number of fused-ring (bicyclic) bond motifs is 1. The van der Waals surface area contributed by atoms with Crippen LogP contribution in [0.5, 0.6) is 23.4 Å². The largest absolute Gasteiger partial charge is 0.493 e. The van der Waals surface area contributed by atoms with Crippen LogP contribution in [0, 0.1) is 0 Å². The quantitative estimate of drug-likeness (QED) is 0.250. The number of nitrogens with zero attached hydrogens (tertiary/aromatic N) is 2. The van der Waals surface area contributed by atoms with Crippen molar-refractivity contribution in [1.29, 1.82) is 0 Å². The summed E-state index contributed by atoms with van der Waals surface area (Å²) in [4.78, 5) is 21.4. The Hall–Kier alpha value is -4.85. The fourth-order valence-corrected chi connectivity index (χ4v) is 3.87. The zero-order chi connectivity index (χ0) is 25.6. The monoisotopic (exact) mass is 496 g/mol. The van der Waals surface area contributed by atoms with Crippen LogP contribution in [0.4, 0.5) is 0 Å². The Morgan fingerprint density at radius 3 is 2.03 bits per heavy atom. The van der Waals surface area contributed by atoms with E-state index in [0.717, 1.165) is 11.1 Å². The van der Waals surface area contributed by atoms with E-state index < -0.39 is 5.63 Å². The molecular formula is C29H24N2O6. The molecule has 0 aliphatic heterocycles. The van der Waals surface area contributed by atoms with Gasteiger partial charge < -0.3 is 23.4 Å². The van der Waals surface area contributed by atoms with Crippen LogP contribution in [0.25, 0.3) is 22.1 Å². The van der Waals surface area contributed by atoms with Crippen molar-refractivity contribution >= 4 is 11.0 Å². The van der Waals surface area contributed by atoms with E-state index in [1.54, 1.807) is 25.4 Å². The Morgan fingerprint density at radius 2 is 1.38 bits per heavy atom. The molecule has 0 spiro atoms. The SMILES string of the molecule is COc1cc2oc(=O)cc(-c3cnc(OCc4ccccc4)nc3OCc3ccccc3)c2cc1OC. The van der Waals surface area contributed by atoms with E-state index in [9.17, 15) is 4.79 Å². The van der Waals surface area contributed by atoms with Gasteiger partial charge in [0.2, 0.25) is 5.88 Å². The predicted octanol–water partition coefficient (Wildman–Crippen LogP) is 5.43. The van der Waals surface area contributed by atoms with Gasteiger partial charge in [0.15, 0.2) is 11.5 Å². The minimum atomic E-state index is -0.534. The predicted molar refractivity (Wildman–Crippen MR) is 138 cm³/mol. The molecule has 5 rings (SSSR count). The standard InChI is InChI=1S/C29H24N2O6/c1-33-25-13-22-21(14-27(32)37-24(22)15-26(25)34-2)23-16-30-29(36-18-20-11-7-4-8-12-20)31-28(23)35-17-19-9-5-3-6-10-19/h3-16H,17-18H2,1-2H3. The Morgan fingerprint density at radius 1 is 0.757 bits per heavy atom.